The number of carbonyl (C=O) groups is 2. The standard InChI is InChI=1S/C14H19IN2O3/c1-14(2,3)20-13(19)17-9-12(18)16-8-10-4-6-11(15)7-5-10/h4-7H,8-9H2,1-3H3,(H,16,18)(H,17,19). The summed E-state index contributed by atoms with van der Waals surface area (Å²) in [5, 5.41) is 5.13. The average molecular weight is 390 g/mol. The molecular weight excluding hydrogens is 371 g/mol. The number of alkyl carbamates (subject to hydrolysis) is 1. The molecule has 2 N–H and O–H groups in total. The van der Waals surface area contributed by atoms with E-state index in [-0.39, 0.29) is 12.5 Å². The Hall–Kier alpha value is -1.31. The SMILES string of the molecule is CC(C)(C)OC(=O)NCC(=O)NCc1ccc(I)cc1. The van der Waals surface area contributed by atoms with Crippen molar-refractivity contribution in [3.05, 3.63) is 33.4 Å². The van der Waals surface area contributed by atoms with Gasteiger partial charge in [0.05, 0.1) is 0 Å². The normalized spacial score (nSPS) is 10.8. The summed E-state index contributed by atoms with van der Waals surface area (Å²) in [5.74, 6) is -0.255. The number of nitrogens with one attached hydrogen (secondary N) is 2. The van der Waals surface area contributed by atoms with Crippen LogP contribution in [0, 0.1) is 3.57 Å². The minimum Gasteiger partial charge on any atom is -0.444 e. The first-order chi connectivity index (χ1) is 9.26. The average Bonchev–Trinajstić information content (AvgIpc) is 2.33. The maximum absolute atomic E-state index is 11.6. The first kappa shape index (κ1) is 16.7. The van der Waals surface area contributed by atoms with Gasteiger partial charge in [0.2, 0.25) is 5.91 Å². The van der Waals surface area contributed by atoms with Crippen molar-refractivity contribution in [2.45, 2.75) is 32.9 Å². The van der Waals surface area contributed by atoms with E-state index in [1.54, 1.807) is 20.8 Å². The van der Waals surface area contributed by atoms with E-state index in [1.807, 2.05) is 24.3 Å². The Kier molecular flexibility index (Phi) is 6.25. The summed E-state index contributed by atoms with van der Waals surface area (Å²) in [4.78, 5) is 22.9. The molecule has 0 aliphatic rings. The molecule has 5 nitrogen and oxygen atoms in total. The molecule has 0 saturated heterocycles. The largest absolute Gasteiger partial charge is 0.444 e. The summed E-state index contributed by atoms with van der Waals surface area (Å²) >= 11 is 2.22. The first-order valence-corrected chi connectivity index (χ1v) is 7.32. The molecule has 20 heavy (non-hydrogen) atoms. The molecule has 6 heteroatoms. The Morgan fingerprint density at radius 2 is 1.75 bits per heavy atom. The van der Waals surface area contributed by atoms with Crippen LogP contribution in [0.15, 0.2) is 24.3 Å². The lowest BCUT2D eigenvalue weighted by Crippen LogP contribution is -2.39. The Bertz CT molecular complexity index is 466. The maximum Gasteiger partial charge on any atom is 0.408 e. The summed E-state index contributed by atoms with van der Waals surface area (Å²) in [7, 11) is 0. The van der Waals surface area contributed by atoms with Crippen LogP contribution >= 0.6 is 22.6 Å². The van der Waals surface area contributed by atoms with Crippen LogP contribution in [0.3, 0.4) is 0 Å². The van der Waals surface area contributed by atoms with E-state index in [0.717, 1.165) is 9.13 Å². The fourth-order valence-corrected chi connectivity index (χ4v) is 1.69. The topological polar surface area (TPSA) is 67.4 Å². The van der Waals surface area contributed by atoms with Crippen LogP contribution in [0.25, 0.3) is 0 Å². The Morgan fingerprint density at radius 3 is 2.30 bits per heavy atom. The monoisotopic (exact) mass is 390 g/mol. The number of ether oxygens (including phenoxy) is 1. The third kappa shape index (κ3) is 7.32. The second kappa shape index (κ2) is 7.47. The van der Waals surface area contributed by atoms with Gasteiger partial charge in [-0.1, -0.05) is 12.1 Å². The van der Waals surface area contributed by atoms with E-state index in [1.165, 1.54) is 0 Å². The van der Waals surface area contributed by atoms with Crippen LogP contribution in [0.2, 0.25) is 0 Å². The summed E-state index contributed by atoms with van der Waals surface area (Å²) in [5.41, 5.74) is 0.443. The van der Waals surface area contributed by atoms with Gasteiger partial charge in [0.15, 0.2) is 0 Å². The lowest BCUT2D eigenvalue weighted by atomic mass is 10.2. The molecule has 1 aromatic carbocycles. The van der Waals surface area contributed by atoms with E-state index in [9.17, 15) is 9.59 Å². The number of carbonyl (C=O) groups excluding carboxylic acids is 2. The predicted molar refractivity (Wildman–Crippen MR) is 85.2 cm³/mol. The van der Waals surface area contributed by atoms with Crippen LogP contribution in [0.1, 0.15) is 26.3 Å². The van der Waals surface area contributed by atoms with Gasteiger partial charge in [-0.25, -0.2) is 4.79 Å². The highest BCUT2D eigenvalue weighted by Gasteiger charge is 2.16. The number of hydrogen-bond acceptors (Lipinski definition) is 3. The minimum atomic E-state index is -0.595. The van der Waals surface area contributed by atoms with Gasteiger partial charge < -0.3 is 15.4 Å². The fourth-order valence-electron chi connectivity index (χ4n) is 1.33. The van der Waals surface area contributed by atoms with Gasteiger partial charge in [-0.3, -0.25) is 4.79 Å². The van der Waals surface area contributed by atoms with Gasteiger partial charge in [0.25, 0.3) is 0 Å². The van der Waals surface area contributed by atoms with E-state index in [4.69, 9.17) is 4.74 Å². The van der Waals surface area contributed by atoms with E-state index in [0.29, 0.717) is 6.54 Å². The molecule has 0 atom stereocenters. The van der Waals surface area contributed by atoms with Crippen molar-refractivity contribution in [2.75, 3.05) is 6.54 Å². The molecule has 0 aliphatic carbocycles. The van der Waals surface area contributed by atoms with Crippen molar-refractivity contribution in [1.82, 2.24) is 10.6 Å². The van der Waals surface area contributed by atoms with Crippen LogP contribution in [-0.4, -0.2) is 24.1 Å². The molecule has 1 aromatic rings. The minimum absolute atomic E-state index is 0.0979. The molecule has 0 saturated carbocycles. The number of halogens is 1. The molecule has 0 bridgehead atoms. The van der Waals surface area contributed by atoms with Crippen LogP contribution in [-0.2, 0) is 16.1 Å². The third-order valence-corrected chi connectivity index (χ3v) is 2.91. The molecule has 0 aromatic heterocycles. The summed E-state index contributed by atoms with van der Waals surface area (Å²) in [6, 6.07) is 7.84. The summed E-state index contributed by atoms with van der Waals surface area (Å²) < 4.78 is 6.18. The molecule has 0 fully saturated rings. The zero-order chi connectivity index (χ0) is 15.2. The zero-order valence-electron chi connectivity index (χ0n) is 11.8. The van der Waals surface area contributed by atoms with Gasteiger partial charge in [0.1, 0.15) is 12.1 Å². The Morgan fingerprint density at radius 1 is 1.15 bits per heavy atom. The van der Waals surface area contributed by atoms with Crippen LogP contribution < -0.4 is 10.6 Å². The number of hydrogen-bond donors (Lipinski definition) is 2. The third-order valence-electron chi connectivity index (χ3n) is 2.20. The quantitative estimate of drug-likeness (QED) is 0.777. The predicted octanol–water partition coefficient (Wildman–Crippen LogP) is 2.43. The van der Waals surface area contributed by atoms with Crippen molar-refractivity contribution >= 4 is 34.6 Å². The molecule has 110 valence electrons. The molecule has 0 aliphatic heterocycles. The second-order valence-electron chi connectivity index (χ2n) is 5.26. The van der Waals surface area contributed by atoms with Gasteiger partial charge in [-0.15, -0.1) is 0 Å². The van der Waals surface area contributed by atoms with Crippen LogP contribution in [0.5, 0.6) is 0 Å². The molecule has 0 radical (unpaired) electrons. The highest BCUT2D eigenvalue weighted by atomic mass is 127. The number of rotatable bonds is 4. The van der Waals surface area contributed by atoms with E-state index < -0.39 is 11.7 Å². The highest BCUT2D eigenvalue weighted by Crippen LogP contribution is 2.07. The van der Waals surface area contributed by atoms with Crippen molar-refractivity contribution in [1.29, 1.82) is 0 Å². The van der Waals surface area contributed by atoms with Gasteiger partial charge in [0, 0.05) is 10.1 Å². The highest BCUT2D eigenvalue weighted by molar-refractivity contribution is 14.1. The van der Waals surface area contributed by atoms with E-state index in [2.05, 4.69) is 33.2 Å². The lowest BCUT2D eigenvalue weighted by Gasteiger charge is -2.19. The fraction of sp³-hybridized carbons (Fsp3) is 0.429. The second-order valence-corrected chi connectivity index (χ2v) is 6.50. The summed E-state index contributed by atoms with van der Waals surface area (Å²) in [6.07, 6.45) is -0.595. The smallest absolute Gasteiger partial charge is 0.408 e. The van der Waals surface area contributed by atoms with E-state index >= 15 is 0 Å². The molecule has 0 spiro atoms. The van der Waals surface area contributed by atoms with Gasteiger partial charge >= 0.3 is 6.09 Å². The van der Waals surface area contributed by atoms with Crippen molar-refractivity contribution < 1.29 is 14.3 Å². The Labute approximate surface area is 132 Å². The molecule has 0 unspecified atom stereocenters. The molecule has 1 rings (SSSR count). The zero-order valence-corrected chi connectivity index (χ0v) is 14.0. The number of amides is 2. The van der Waals surface area contributed by atoms with Gasteiger partial charge in [-0.05, 0) is 61.1 Å². The molecular formula is C14H19IN2O3. The number of benzene rings is 1. The van der Waals surface area contributed by atoms with Crippen molar-refractivity contribution in [2.24, 2.45) is 0 Å². The molecule has 0 heterocycles. The van der Waals surface area contributed by atoms with Crippen molar-refractivity contribution in [3.63, 3.8) is 0 Å². The van der Waals surface area contributed by atoms with Gasteiger partial charge in [-0.2, -0.15) is 0 Å². The van der Waals surface area contributed by atoms with Crippen LogP contribution in [0.4, 0.5) is 4.79 Å². The lowest BCUT2D eigenvalue weighted by molar-refractivity contribution is -0.120. The van der Waals surface area contributed by atoms with Crippen molar-refractivity contribution in [3.8, 4) is 0 Å². The maximum atomic E-state index is 11.6. The molecule has 2 amide bonds. The Balaban J connectivity index is 2.27. The first-order valence-electron chi connectivity index (χ1n) is 6.24. The summed E-state index contributed by atoms with van der Waals surface area (Å²) in [6.45, 7) is 5.64.